The number of carbonyl (C=O) groups is 1. The van der Waals surface area contributed by atoms with E-state index in [-0.39, 0.29) is 34.4 Å². The zero-order valence-corrected chi connectivity index (χ0v) is 12.1. The van der Waals surface area contributed by atoms with Crippen LogP contribution in [0.5, 0.6) is 0 Å². The number of carboxylic acids is 1. The summed E-state index contributed by atoms with van der Waals surface area (Å²) in [4.78, 5) is 10.9. The zero-order valence-electron chi connectivity index (χ0n) is 11.3. The molecule has 2 heterocycles. The number of hydrogen-bond acceptors (Lipinski definition) is 5. The average Bonchev–Trinajstić information content (AvgIpc) is 2.94. The van der Waals surface area contributed by atoms with E-state index in [0.29, 0.717) is 13.2 Å². The van der Waals surface area contributed by atoms with Gasteiger partial charge in [-0.15, -0.1) is 0 Å². The summed E-state index contributed by atoms with van der Waals surface area (Å²) >= 11 is 0. The largest absolute Gasteiger partial charge is 0.478 e. The van der Waals surface area contributed by atoms with Gasteiger partial charge in [0.05, 0.1) is 6.61 Å². The van der Waals surface area contributed by atoms with E-state index >= 15 is 0 Å². The van der Waals surface area contributed by atoms with Crippen molar-refractivity contribution in [3.05, 3.63) is 17.1 Å². The normalized spacial score (nSPS) is 19.4. The summed E-state index contributed by atoms with van der Waals surface area (Å²) < 4.78 is 37.3. The van der Waals surface area contributed by atoms with Gasteiger partial charge < -0.3 is 14.3 Å². The van der Waals surface area contributed by atoms with Gasteiger partial charge >= 0.3 is 5.97 Å². The second-order valence-electron chi connectivity index (χ2n) is 4.81. The fraction of sp³-hybridized carbons (Fsp3) is 0.583. The lowest BCUT2D eigenvalue weighted by atomic mass is 10.1. The summed E-state index contributed by atoms with van der Waals surface area (Å²) in [5, 5.41) is 9.13. The molecule has 8 heteroatoms. The molecule has 1 aromatic heterocycles. The Labute approximate surface area is 117 Å². The third kappa shape index (κ3) is 2.87. The molecule has 1 aliphatic heterocycles. The lowest BCUT2D eigenvalue weighted by Gasteiger charge is -2.10. The van der Waals surface area contributed by atoms with Gasteiger partial charge in [-0.2, -0.15) is 0 Å². The molecule has 1 aliphatic rings. The first-order valence-corrected chi connectivity index (χ1v) is 7.72. The highest BCUT2D eigenvalue weighted by Gasteiger charge is 2.31. The Hall–Kier alpha value is -1.38. The van der Waals surface area contributed by atoms with Crippen molar-refractivity contribution in [2.24, 2.45) is 5.92 Å². The van der Waals surface area contributed by atoms with Crippen LogP contribution in [0, 0.1) is 19.8 Å². The van der Waals surface area contributed by atoms with E-state index in [4.69, 9.17) is 14.3 Å². The minimum absolute atomic E-state index is 0.0788. The fourth-order valence-corrected chi connectivity index (χ4v) is 3.80. The van der Waals surface area contributed by atoms with Gasteiger partial charge in [-0.25, -0.2) is 17.9 Å². The van der Waals surface area contributed by atoms with Crippen molar-refractivity contribution in [2.75, 3.05) is 19.8 Å². The van der Waals surface area contributed by atoms with Crippen LogP contribution >= 0.6 is 0 Å². The number of rotatable bonds is 5. The topological polar surface area (TPSA) is 106 Å². The lowest BCUT2D eigenvalue weighted by molar-refractivity contribution is 0.0691. The van der Waals surface area contributed by atoms with Crippen LogP contribution in [-0.2, 0) is 14.8 Å². The maximum absolute atomic E-state index is 12.3. The van der Waals surface area contributed by atoms with Crippen LogP contribution in [0.3, 0.4) is 0 Å². The molecule has 1 unspecified atom stereocenters. The Morgan fingerprint density at radius 3 is 2.65 bits per heavy atom. The van der Waals surface area contributed by atoms with Gasteiger partial charge in [0.15, 0.2) is 0 Å². The molecule has 1 aromatic rings. The standard InChI is InChI=1S/C12H17NO6S/c1-7-10(12(14)15)11(8(2)19-7)20(16,17)13-5-9-3-4-18-6-9/h9,13H,3-6H2,1-2H3,(H,14,15). The second-order valence-corrected chi connectivity index (χ2v) is 6.51. The van der Waals surface area contributed by atoms with Crippen LogP contribution in [0.25, 0.3) is 0 Å². The minimum atomic E-state index is -3.91. The number of hydrogen-bond donors (Lipinski definition) is 2. The molecule has 0 amide bonds. The van der Waals surface area contributed by atoms with Crippen LogP contribution in [0.1, 0.15) is 28.3 Å². The van der Waals surface area contributed by atoms with Crippen LogP contribution in [0.15, 0.2) is 9.31 Å². The van der Waals surface area contributed by atoms with Crippen molar-refractivity contribution < 1.29 is 27.5 Å². The van der Waals surface area contributed by atoms with Crippen molar-refractivity contribution in [1.82, 2.24) is 4.72 Å². The first-order chi connectivity index (χ1) is 9.33. The summed E-state index contributed by atoms with van der Waals surface area (Å²) in [6, 6.07) is 0. The number of nitrogens with one attached hydrogen (secondary N) is 1. The van der Waals surface area contributed by atoms with E-state index in [1.165, 1.54) is 13.8 Å². The Balaban J connectivity index is 2.26. The highest BCUT2D eigenvalue weighted by atomic mass is 32.2. The van der Waals surface area contributed by atoms with Gasteiger partial charge in [-0.05, 0) is 26.2 Å². The molecule has 1 fully saturated rings. The highest BCUT2D eigenvalue weighted by molar-refractivity contribution is 7.89. The van der Waals surface area contributed by atoms with Gasteiger partial charge in [-0.1, -0.05) is 0 Å². The lowest BCUT2D eigenvalue weighted by Crippen LogP contribution is -2.30. The summed E-state index contributed by atoms with van der Waals surface area (Å²) in [6.07, 6.45) is 0.789. The molecule has 20 heavy (non-hydrogen) atoms. The smallest absolute Gasteiger partial charge is 0.340 e. The molecule has 0 aromatic carbocycles. The Kier molecular flexibility index (Phi) is 4.17. The van der Waals surface area contributed by atoms with Crippen molar-refractivity contribution in [1.29, 1.82) is 0 Å². The van der Waals surface area contributed by atoms with E-state index in [9.17, 15) is 13.2 Å². The van der Waals surface area contributed by atoms with Crippen LogP contribution in [-0.4, -0.2) is 39.3 Å². The van der Waals surface area contributed by atoms with Crippen molar-refractivity contribution in [2.45, 2.75) is 25.2 Å². The molecular weight excluding hydrogens is 286 g/mol. The molecule has 0 bridgehead atoms. The number of carboxylic acid groups (broad SMARTS) is 1. The van der Waals surface area contributed by atoms with Crippen molar-refractivity contribution >= 4 is 16.0 Å². The molecule has 1 saturated heterocycles. The monoisotopic (exact) mass is 303 g/mol. The third-order valence-corrected chi connectivity index (χ3v) is 4.85. The van der Waals surface area contributed by atoms with E-state index in [1.807, 2.05) is 0 Å². The molecule has 2 N–H and O–H groups in total. The predicted octanol–water partition coefficient (Wildman–Crippen LogP) is 0.909. The molecule has 7 nitrogen and oxygen atoms in total. The first kappa shape index (κ1) is 15.0. The number of aryl methyl sites for hydroxylation is 2. The van der Waals surface area contributed by atoms with Gasteiger partial charge in [0.25, 0.3) is 0 Å². The van der Waals surface area contributed by atoms with E-state index in [0.717, 1.165) is 6.42 Å². The van der Waals surface area contributed by atoms with Crippen LogP contribution in [0.2, 0.25) is 0 Å². The Morgan fingerprint density at radius 1 is 1.40 bits per heavy atom. The summed E-state index contributed by atoms with van der Waals surface area (Å²) in [6.45, 7) is 4.23. The quantitative estimate of drug-likeness (QED) is 0.837. The zero-order chi connectivity index (χ0) is 14.9. The van der Waals surface area contributed by atoms with Gasteiger partial charge in [-0.3, -0.25) is 0 Å². The van der Waals surface area contributed by atoms with E-state index < -0.39 is 16.0 Å². The predicted molar refractivity (Wildman–Crippen MR) is 69.3 cm³/mol. The van der Waals surface area contributed by atoms with Crippen LogP contribution in [0.4, 0.5) is 0 Å². The summed E-state index contributed by atoms with van der Waals surface area (Å²) in [7, 11) is -3.91. The number of sulfonamides is 1. The molecule has 0 spiro atoms. The Bertz CT molecular complexity index is 612. The molecule has 112 valence electrons. The number of aromatic carboxylic acids is 1. The molecule has 0 aliphatic carbocycles. The molecule has 2 rings (SSSR count). The van der Waals surface area contributed by atoms with Gasteiger partial charge in [0.2, 0.25) is 10.0 Å². The molecule has 0 saturated carbocycles. The first-order valence-electron chi connectivity index (χ1n) is 6.23. The number of furan rings is 1. The molecule has 0 radical (unpaired) electrons. The summed E-state index contributed by atoms with van der Waals surface area (Å²) in [5.74, 6) is -1.04. The highest BCUT2D eigenvalue weighted by Crippen LogP contribution is 2.26. The molecular formula is C12H17NO6S. The third-order valence-electron chi connectivity index (χ3n) is 3.27. The minimum Gasteiger partial charge on any atom is -0.478 e. The maximum Gasteiger partial charge on any atom is 0.340 e. The van der Waals surface area contributed by atoms with E-state index in [2.05, 4.69) is 4.72 Å². The van der Waals surface area contributed by atoms with Crippen molar-refractivity contribution in [3.63, 3.8) is 0 Å². The summed E-state index contributed by atoms with van der Waals surface area (Å²) in [5.41, 5.74) is -0.308. The number of ether oxygens (including phenoxy) is 1. The SMILES string of the molecule is Cc1oc(C)c(S(=O)(=O)NCC2CCOC2)c1C(=O)O. The van der Waals surface area contributed by atoms with Crippen molar-refractivity contribution in [3.8, 4) is 0 Å². The van der Waals surface area contributed by atoms with Crippen LogP contribution < -0.4 is 4.72 Å². The van der Waals surface area contributed by atoms with E-state index in [1.54, 1.807) is 0 Å². The van der Waals surface area contributed by atoms with Gasteiger partial charge in [0, 0.05) is 13.2 Å². The molecule has 1 atom stereocenters. The second kappa shape index (κ2) is 5.55. The average molecular weight is 303 g/mol. The Morgan fingerprint density at radius 2 is 2.10 bits per heavy atom. The maximum atomic E-state index is 12.3. The van der Waals surface area contributed by atoms with Gasteiger partial charge in [0.1, 0.15) is 22.0 Å². The fourth-order valence-electron chi connectivity index (χ4n) is 2.28.